The van der Waals surface area contributed by atoms with Gasteiger partial charge in [0.15, 0.2) is 0 Å². The van der Waals surface area contributed by atoms with Gasteiger partial charge in [0.05, 0.1) is 22.5 Å². The van der Waals surface area contributed by atoms with Gasteiger partial charge in [-0.3, -0.25) is 16.3 Å². The van der Waals surface area contributed by atoms with Gasteiger partial charge in [-0.15, -0.1) is 47.3 Å². The van der Waals surface area contributed by atoms with Crippen LogP contribution in [0, 0.1) is 25.2 Å². The van der Waals surface area contributed by atoms with Crippen LogP contribution in [0.1, 0.15) is 41.9 Å². The zero-order valence-electron chi connectivity index (χ0n) is 34.1. The number of pyridine rings is 1. The van der Waals surface area contributed by atoms with Gasteiger partial charge >= 0.3 is 0 Å². The number of fused-ring (bicyclic) bond motifs is 2. The Bertz CT molecular complexity index is 2750. The fourth-order valence-corrected chi connectivity index (χ4v) is 7.55. The van der Waals surface area contributed by atoms with Gasteiger partial charge in [0.1, 0.15) is 0 Å². The summed E-state index contributed by atoms with van der Waals surface area (Å²) in [5.74, 6) is 0.205. The molecular weight excluding hydrogens is 855 g/mol. The third kappa shape index (κ3) is 7.49. The predicted octanol–water partition coefficient (Wildman–Crippen LogP) is 13.3. The van der Waals surface area contributed by atoms with Gasteiger partial charge in [0, 0.05) is 42.9 Å². The Balaban J connectivity index is 0.000000254. The molecule has 0 saturated heterocycles. The van der Waals surface area contributed by atoms with Gasteiger partial charge in [-0.1, -0.05) is 132 Å². The van der Waals surface area contributed by atoms with E-state index in [9.17, 15) is 0 Å². The van der Waals surface area contributed by atoms with Crippen LogP contribution in [0.4, 0.5) is 0 Å². The van der Waals surface area contributed by atoms with E-state index in [1.165, 1.54) is 11.8 Å². The smallest absolute Gasteiger partial charge is 0.0774 e. The molecule has 5 heteroatoms. The standard InChI is InChI=1S/C37H29N2S.C12H10N.Ir/c1-24(2)28-18-19-29-32(23-40-35(29)22-28)37-38-33-16-10-11-17-34(33)39(37)36-30(26-12-6-4-7-13-26)20-25(3)21-31(36)27-14-8-5-9-15-27;1-10-7-8-12(13-9-10)11-5-3-2-4-6-11;/h4-22,24H,1-3H3;2-5,7-9H,1H3;/q2*-1;/i24D;1D3;. The van der Waals surface area contributed by atoms with Crippen molar-refractivity contribution in [2.75, 3.05) is 0 Å². The molecule has 0 aliphatic carbocycles. The average molecular weight is 898 g/mol. The molecule has 0 aliphatic rings. The third-order valence-electron chi connectivity index (χ3n) is 9.27. The summed E-state index contributed by atoms with van der Waals surface area (Å²) in [7, 11) is 0. The van der Waals surface area contributed by atoms with Crippen LogP contribution in [0.15, 0.2) is 158 Å². The van der Waals surface area contributed by atoms with Crippen LogP contribution in [-0.4, -0.2) is 14.5 Å². The molecule has 1 radical (unpaired) electrons. The number of hydrogen-bond donors (Lipinski definition) is 0. The van der Waals surface area contributed by atoms with Gasteiger partial charge < -0.3 is 9.55 Å². The predicted molar refractivity (Wildman–Crippen MR) is 224 cm³/mol. The van der Waals surface area contributed by atoms with E-state index in [0.717, 1.165) is 77.3 Å². The van der Waals surface area contributed by atoms with E-state index in [-0.39, 0.29) is 25.7 Å². The number of imidazole rings is 1. The minimum atomic E-state index is -2.09. The van der Waals surface area contributed by atoms with Crippen molar-refractivity contribution >= 4 is 32.5 Å². The number of para-hydroxylation sites is 2. The zero-order chi connectivity index (χ0) is 39.7. The second-order valence-electron chi connectivity index (χ2n) is 13.2. The van der Waals surface area contributed by atoms with Crippen LogP contribution in [0.2, 0.25) is 0 Å². The first kappa shape index (κ1) is 32.0. The van der Waals surface area contributed by atoms with Gasteiger partial charge in [0.2, 0.25) is 0 Å². The fraction of sp³-hybridized carbons (Fsp3) is 0.102. The van der Waals surface area contributed by atoms with E-state index in [4.69, 9.17) is 10.5 Å². The molecule has 3 heterocycles. The fourth-order valence-electron chi connectivity index (χ4n) is 6.67. The van der Waals surface area contributed by atoms with Gasteiger partial charge in [-0.05, 0) is 71.9 Å². The SMILES string of the molecule is [2H]C(C)(C)c1ccc2c(-c3nc4ccccc4n3-c3c(-c4ccccc4)cc(C)cc3-c3ccccc3)[c-]sc2c1.[2H]C([2H])([2H])c1ccc(-c2[c-]cccc2)nc1.[Ir]. The van der Waals surface area contributed by atoms with Crippen molar-refractivity contribution in [2.24, 2.45) is 0 Å². The molecule has 0 N–H and O–H groups in total. The van der Waals surface area contributed by atoms with E-state index < -0.39 is 12.7 Å². The Hall–Kier alpha value is -5.45. The quantitative estimate of drug-likeness (QED) is 0.156. The maximum absolute atomic E-state index is 8.54. The molecule has 0 bridgehead atoms. The molecule has 0 amide bonds. The van der Waals surface area contributed by atoms with E-state index in [2.05, 4.69) is 137 Å². The Morgan fingerprint density at radius 3 is 2.06 bits per heavy atom. The number of nitrogens with zero attached hydrogens (tertiary/aromatic N) is 3. The summed E-state index contributed by atoms with van der Waals surface area (Å²) < 4.78 is 33.7. The number of aromatic nitrogens is 3. The topological polar surface area (TPSA) is 30.7 Å². The molecule has 0 unspecified atom stereocenters. The Morgan fingerprint density at radius 2 is 1.43 bits per heavy atom. The number of aryl methyl sites for hydroxylation is 2. The summed E-state index contributed by atoms with van der Waals surface area (Å²) in [4.78, 5) is 9.37. The molecule has 9 rings (SSSR count). The van der Waals surface area contributed by atoms with E-state index >= 15 is 0 Å². The van der Waals surface area contributed by atoms with Crippen LogP contribution >= 0.6 is 11.3 Å². The van der Waals surface area contributed by atoms with Crippen LogP contribution < -0.4 is 0 Å². The van der Waals surface area contributed by atoms with Crippen LogP contribution in [0.25, 0.3) is 71.7 Å². The molecule has 0 fully saturated rings. The number of thiophene rings is 1. The second-order valence-corrected chi connectivity index (χ2v) is 14.0. The maximum Gasteiger partial charge on any atom is 0.0774 e. The molecular formula is C49H39IrN3S-2. The van der Waals surface area contributed by atoms with Gasteiger partial charge in [-0.2, -0.15) is 0 Å². The van der Waals surface area contributed by atoms with Crippen molar-refractivity contribution < 1.29 is 25.6 Å². The molecule has 6 aromatic carbocycles. The van der Waals surface area contributed by atoms with Crippen molar-refractivity contribution in [3.05, 3.63) is 186 Å². The Kier molecular flexibility index (Phi) is 9.65. The maximum atomic E-state index is 8.54. The first-order valence-electron chi connectivity index (χ1n) is 19.6. The second kappa shape index (κ2) is 16.3. The normalized spacial score (nSPS) is 12.5. The Morgan fingerprint density at radius 1 is 0.741 bits per heavy atom. The summed E-state index contributed by atoms with van der Waals surface area (Å²) in [6.07, 6.45) is 1.39. The first-order chi connectivity index (χ1) is 27.5. The van der Waals surface area contributed by atoms with Crippen LogP contribution in [0.3, 0.4) is 0 Å². The molecule has 267 valence electrons. The van der Waals surface area contributed by atoms with Gasteiger partial charge in [0.25, 0.3) is 0 Å². The average Bonchev–Trinajstić information content (AvgIpc) is 3.82. The molecule has 0 atom stereocenters. The molecule has 0 aliphatic heterocycles. The largest absolute Gasteiger partial charge is 0.332 e. The van der Waals surface area contributed by atoms with Crippen molar-refractivity contribution in [3.8, 4) is 50.6 Å². The zero-order valence-corrected chi connectivity index (χ0v) is 33.3. The summed E-state index contributed by atoms with van der Waals surface area (Å²) in [6, 6.07) is 54.3. The van der Waals surface area contributed by atoms with E-state index in [0.29, 0.717) is 0 Å². The molecule has 0 saturated carbocycles. The van der Waals surface area contributed by atoms with Crippen LogP contribution in [0.5, 0.6) is 0 Å². The number of benzene rings is 6. The third-order valence-corrected chi connectivity index (χ3v) is 10.1. The van der Waals surface area contributed by atoms with Crippen molar-refractivity contribution in [3.63, 3.8) is 0 Å². The van der Waals surface area contributed by atoms with Gasteiger partial charge in [-0.25, -0.2) is 0 Å². The van der Waals surface area contributed by atoms with Crippen molar-refractivity contribution in [2.45, 2.75) is 33.5 Å². The molecule has 0 spiro atoms. The summed E-state index contributed by atoms with van der Waals surface area (Å²) >= 11 is 1.59. The molecule has 9 aromatic rings. The van der Waals surface area contributed by atoms with Crippen LogP contribution in [-0.2, 0) is 20.1 Å². The molecule has 3 nitrogen and oxygen atoms in total. The summed E-state index contributed by atoms with van der Waals surface area (Å²) in [6.45, 7) is 3.94. The first-order valence-corrected chi connectivity index (χ1v) is 18.4. The van der Waals surface area contributed by atoms with E-state index in [1.807, 2.05) is 38.1 Å². The van der Waals surface area contributed by atoms with Crippen molar-refractivity contribution in [1.29, 1.82) is 0 Å². The summed E-state index contributed by atoms with van der Waals surface area (Å²) in [5.41, 5.74) is 12.8. The minimum absolute atomic E-state index is 0. The summed E-state index contributed by atoms with van der Waals surface area (Å²) in [5, 5.41) is 4.71. The Labute approximate surface area is 341 Å². The molecule has 3 aromatic heterocycles. The minimum Gasteiger partial charge on any atom is -0.332 e. The molecule has 54 heavy (non-hydrogen) atoms. The monoisotopic (exact) mass is 898 g/mol. The van der Waals surface area contributed by atoms with Crippen molar-refractivity contribution in [1.82, 2.24) is 14.5 Å². The van der Waals surface area contributed by atoms with E-state index in [1.54, 1.807) is 29.5 Å². The number of rotatable bonds is 6. The number of hydrogen-bond acceptors (Lipinski definition) is 3.